The number of nitrogens with one attached hydrogen (secondary N) is 1. The van der Waals surface area contributed by atoms with Crippen LogP contribution in [0, 0.1) is 17.8 Å². The molecule has 0 aromatic carbocycles. The Bertz CT molecular complexity index is 290. The minimum absolute atomic E-state index is 0.126. The third kappa shape index (κ3) is 4.02. The lowest BCUT2D eigenvalue weighted by Gasteiger charge is -2.29. The average molecular weight is 241 g/mol. The van der Waals surface area contributed by atoms with Gasteiger partial charge in [0.1, 0.15) is 0 Å². The van der Waals surface area contributed by atoms with Crippen LogP contribution in [0.5, 0.6) is 0 Å². The molecule has 4 heteroatoms. The maximum Gasteiger partial charge on any atom is 0.307 e. The predicted octanol–water partition coefficient (Wildman–Crippen LogP) is 2.04. The van der Waals surface area contributed by atoms with E-state index >= 15 is 0 Å². The van der Waals surface area contributed by atoms with Crippen molar-refractivity contribution in [1.82, 2.24) is 5.32 Å². The molecule has 0 aromatic heterocycles. The second-order valence-corrected chi connectivity index (χ2v) is 5.39. The zero-order valence-corrected chi connectivity index (χ0v) is 10.9. The van der Waals surface area contributed by atoms with Gasteiger partial charge in [-0.05, 0) is 18.8 Å². The Kier molecular flexibility index (Phi) is 4.97. The minimum Gasteiger partial charge on any atom is -0.481 e. The first kappa shape index (κ1) is 14.0. The molecule has 1 aliphatic rings. The van der Waals surface area contributed by atoms with Crippen LogP contribution in [0.1, 0.15) is 46.5 Å². The van der Waals surface area contributed by atoms with Crippen molar-refractivity contribution in [3.05, 3.63) is 0 Å². The van der Waals surface area contributed by atoms with Gasteiger partial charge in [-0.15, -0.1) is 0 Å². The van der Waals surface area contributed by atoms with Crippen molar-refractivity contribution in [2.45, 2.75) is 52.5 Å². The van der Waals surface area contributed by atoms with Crippen LogP contribution >= 0.6 is 0 Å². The average Bonchev–Trinajstić information content (AvgIpc) is 2.26. The zero-order valence-electron chi connectivity index (χ0n) is 10.9. The molecular formula is C13H23NO3. The Morgan fingerprint density at radius 1 is 1.24 bits per heavy atom. The van der Waals surface area contributed by atoms with Crippen LogP contribution in [0.2, 0.25) is 0 Å². The van der Waals surface area contributed by atoms with Crippen molar-refractivity contribution >= 4 is 11.9 Å². The van der Waals surface area contributed by atoms with Crippen LogP contribution in [-0.2, 0) is 9.59 Å². The Labute approximate surface area is 103 Å². The highest BCUT2D eigenvalue weighted by molar-refractivity contribution is 5.84. The van der Waals surface area contributed by atoms with Crippen molar-refractivity contribution in [3.8, 4) is 0 Å². The van der Waals surface area contributed by atoms with Crippen LogP contribution in [0.4, 0.5) is 0 Å². The first-order chi connectivity index (χ1) is 7.91. The molecule has 1 amide bonds. The number of aliphatic carboxylic acids is 1. The summed E-state index contributed by atoms with van der Waals surface area (Å²) in [6.45, 7) is 5.46. The first-order valence-corrected chi connectivity index (χ1v) is 6.45. The summed E-state index contributed by atoms with van der Waals surface area (Å²) in [6, 6.07) is 0.231. The fraction of sp³-hybridized carbons (Fsp3) is 0.846. The molecule has 0 bridgehead atoms. The van der Waals surface area contributed by atoms with Gasteiger partial charge in [0.05, 0.1) is 5.92 Å². The molecule has 0 aliphatic heterocycles. The summed E-state index contributed by atoms with van der Waals surface area (Å²) in [7, 11) is 0. The van der Waals surface area contributed by atoms with Crippen LogP contribution in [0.15, 0.2) is 0 Å². The standard InChI is InChI=1S/C13H23NO3/c1-8-5-4-6-11(7-8)14-12(15)9(2)10(3)13(16)17/h8-11H,4-7H2,1-3H3,(H,14,15)(H,16,17). The van der Waals surface area contributed by atoms with Crippen molar-refractivity contribution in [3.63, 3.8) is 0 Å². The molecule has 4 nitrogen and oxygen atoms in total. The molecule has 17 heavy (non-hydrogen) atoms. The Morgan fingerprint density at radius 3 is 2.41 bits per heavy atom. The number of amides is 1. The number of carbonyl (C=O) groups excluding carboxylic acids is 1. The third-order valence-corrected chi connectivity index (χ3v) is 3.84. The van der Waals surface area contributed by atoms with Gasteiger partial charge in [-0.1, -0.05) is 33.6 Å². The van der Waals surface area contributed by atoms with E-state index in [1.54, 1.807) is 13.8 Å². The molecule has 4 atom stereocenters. The van der Waals surface area contributed by atoms with E-state index in [4.69, 9.17) is 5.11 Å². The Hall–Kier alpha value is -1.06. The van der Waals surface area contributed by atoms with E-state index in [9.17, 15) is 9.59 Å². The molecule has 1 fully saturated rings. The molecule has 0 aromatic rings. The molecule has 1 rings (SSSR count). The molecule has 0 spiro atoms. The number of hydrogen-bond acceptors (Lipinski definition) is 2. The fourth-order valence-corrected chi connectivity index (χ4v) is 2.34. The summed E-state index contributed by atoms with van der Waals surface area (Å²) in [5.41, 5.74) is 0. The molecular weight excluding hydrogens is 218 g/mol. The van der Waals surface area contributed by atoms with Gasteiger partial charge in [0.2, 0.25) is 5.91 Å². The maximum atomic E-state index is 11.9. The number of rotatable bonds is 4. The Balaban J connectivity index is 2.45. The number of hydrogen-bond donors (Lipinski definition) is 2. The topological polar surface area (TPSA) is 66.4 Å². The van der Waals surface area contributed by atoms with Gasteiger partial charge >= 0.3 is 5.97 Å². The van der Waals surface area contributed by atoms with E-state index in [0.29, 0.717) is 5.92 Å². The summed E-state index contributed by atoms with van der Waals surface area (Å²) >= 11 is 0. The fourth-order valence-electron chi connectivity index (χ4n) is 2.34. The normalized spacial score (nSPS) is 28.2. The highest BCUT2D eigenvalue weighted by atomic mass is 16.4. The predicted molar refractivity (Wildman–Crippen MR) is 65.5 cm³/mol. The molecule has 0 saturated heterocycles. The summed E-state index contributed by atoms with van der Waals surface area (Å²) in [5, 5.41) is 11.9. The van der Waals surface area contributed by atoms with E-state index in [-0.39, 0.29) is 11.9 Å². The van der Waals surface area contributed by atoms with E-state index in [2.05, 4.69) is 12.2 Å². The highest BCUT2D eigenvalue weighted by Gasteiger charge is 2.28. The summed E-state index contributed by atoms with van der Waals surface area (Å²) in [5.74, 6) is -1.48. The largest absolute Gasteiger partial charge is 0.481 e. The lowest BCUT2D eigenvalue weighted by Crippen LogP contribution is -2.43. The Morgan fingerprint density at radius 2 is 1.88 bits per heavy atom. The van der Waals surface area contributed by atoms with Gasteiger partial charge < -0.3 is 10.4 Å². The van der Waals surface area contributed by atoms with Crippen molar-refractivity contribution < 1.29 is 14.7 Å². The lowest BCUT2D eigenvalue weighted by atomic mass is 9.86. The van der Waals surface area contributed by atoms with Gasteiger partial charge in [-0.3, -0.25) is 9.59 Å². The van der Waals surface area contributed by atoms with Gasteiger partial charge in [0.25, 0.3) is 0 Å². The van der Waals surface area contributed by atoms with Crippen molar-refractivity contribution in [1.29, 1.82) is 0 Å². The smallest absolute Gasteiger partial charge is 0.307 e. The molecule has 1 saturated carbocycles. The summed E-state index contributed by atoms with van der Waals surface area (Å²) < 4.78 is 0. The van der Waals surface area contributed by atoms with Crippen LogP contribution in [-0.4, -0.2) is 23.0 Å². The number of carboxylic acid groups (broad SMARTS) is 1. The minimum atomic E-state index is -0.912. The number of carboxylic acids is 1. The lowest BCUT2D eigenvalue weighted by molar-refractivity contribution is -0.146. The molecule has 4 unspecified atom stereocenters. The SMILES string of the molecule is CC1CCCC(NC(=O)C(C)C(C)C(=O)O)C1. The molecule has 2 N–H and O–H groups in total. The van der Waals surface area contributed by atoms with Gasteiger partial charge in [-0.25, -0.2) is 0 Å². The van der Waals surface area contributed by atoms with E-state index in [0.717, 1.165) is 19.3 Å². The first-order valence-electron chi connectivity index (χ1n) is 6.45. The molecule has 1 aliphatic carbocycles. The molecule has 0 heterocycles. The summed E-state index contributed by atoms with van der Waals surface area (Å²) in [6.07, 6.45) is 4.41. The van der Waals surface area contributed by atoms with Gasteiger partial charge in [0.15, 0.2) is 0 Å². The van der Waals surface area contributed by atoms with E-state index < -0.39 is 17.8 Å². The van der Waals surface area contributed by atoms with Crippen LogP contribution in [0.25, 0.3) is 0 Å². The van der Waals surface area contributed by atoms with Gasteiger partial charge in [-0.2, -0.15) is 0 Å². The quantitative estimate of drug-likeness (QED) is 0.791. The zero-order chi connectivity index (χ0) is 13.0. The van der Waals surface area contributed by atoms with Crippen molar-refractivity contribution in [2.75, 3.05) is 0 Å². The maximum absolute atomic E-state index is 11.9. The monoisotopic (exact) mass is 241 g/mol. The van der Waals surface area contributed by atoms with Gasteiger partial charge in [0, 0.05) is 12.0 Å². The highest BCUT2D eigenvalue weighted by Crippen LogP contribution is 2.24. The molecule has 0 radical (unpaired) electrons. The van der Waals surface area contributed by atoms with E-state index in [1.165, 1.54) is 6.42 Å². The third-order valence-electron chi connectivity index (χ3n) is 3.84. The number of carbonyl (C=O) groups is 2. The van der Waals surface area contributed by atoms with Crippen LogP contribution in [0.3, 0.4) is 0 Å². The summed E-state index contributed by atoms with van der Waals surface area (Å²) in [4.78, 5) is 22.7. The second-order valence-electron chi connectivity index (χ2n) is 5.39. The second kappa shape index (κ2) is 6.03. The van der Waals surface area contributed by atoms with Crippen molar-refractivity contribution in [2.24, 2.45) is 17.8 Å². The molecule has 98 valence electrons. The van der Waals surface area contributed by atoms with Crippen LogP contribution < -0.4 is 5.32 Å². The van der Waals surface area contributed by atoms with E-state index in [1.807, 2.05) is 0 Å².